The number of phenols is 1. The Morgan fingerprint density at radius 1 is 1.29 bits per heavy atom. The quantitative estimate of drug-likeness (QED) is 0.542. The number of carbonyl (C=O) groups excluding carboxylic acids is 1. The van der Waals surface area contributed by atoms with E-state index in [1.165, 1.54) is 28.8 Å². The van der Waals surface area contributed by atoms with Gasteiger partial charge in [-0.15, -0.1) is 0 Å². The molecular formula is C17H12FIN2O2S. The second kappa shape index (κ2) is 6.94. The number of aliphatic imine (C=N–C) groups is 1. The molecule has 122 valence electrons. The van der Waals surface area contributed by atoms with E-state index >= 15 is 0 Å². The number of phenolic OH excluding ortho intramolecular Hbond substituents is 1. The van der Waals surface area contributed by atoms with Gasteiger partial charge in [-0.3, -0.25) is 9.69 Å². The van der Waals surface area contributed by atoms with Gasteiger partial charge in [0.15, 0.2) is 5.17 Å². The third-order valence-electron chi connectivity index (χ3n) is 3.31. The van der Waals surface area contributed by atoms with Crippen LogP contribution in [0.3, 0.4) is 0 Å². The number of carbonyl (C=O) groups is 1. The lowest BCUT2D eigenvalue weighted by Gasteiger charge is -2.07. The molecule has 4 nitrogen and oxygen atoms in total. The number of benzene rings is 2. The molecule has 0 unspecified atom stereocenters. The highest BCUT2D eigenvalue weighted by Crippen LogP contribution is 2.33. The topological polar surface area (TPSA) is 52.9 Å². The highest BCUT2D eigenvalue weighted by molar-refractivity contribution is 14.1. The van der Waals surface area contributed by atoms with Crippen LogP contribution in [0, 0.1) is 9.39 Å². The Kier molecular flexibility index (Phi) is 4.91. The Bertz CT molecular complexity index is 883. The maximum Gasteiger partial charge on any atom is 0.266 e. The Balaban J connectivity index is 1.91. The van der Waals surface area contributed by atoms with Crippen LogP contribution in [-0.2, 0) is 4.79 Å². The summed E-state index contributed by atoms with van der Waals surface area (Å²) in [5.74, 6) is -0.338. The fourth-order valence-corrected chi connectivity index (χ4v) is 3.60. The van der Waals surface area contributed by atoms with Crippen LogP contribution in [0.1, 0.15) is 5.56 Å². The van der Waals surface area contributed by atoms with E-state index in [1.807, 2.05) is 22.6 Å². The molecule has 1 aliphatic rings. The van der Waals surface area contributed by atoms with Crippen molar-refractivity contribution in [3.63, 3.8) is 0 Å². The molecule has 1 heterocycles. The van der Waals surface area contributed by atoms with Crippen molar-refractivity contribution in [2.75, 3.05) is 7.05 Å². The summed E-state index contributed by atoms with van der Waals surface area (Å²) >= 11 is 3.26. The molecule has 1 saturated heterocycles. The van der Waals surface area contributed by atoms with Gasteiger partial charge < -0.3 is 5.11 Å². The second-order valence-corrected chi connectivity index (χ2v) is 7.23. The number of amides is 1. The number of rotatable bonds is 2. The monoisotopic (exact) mass is 454 g/mol. The van der Waals surface area contributed by atoms with Crippen LogP contribution in [-0.4, -0.2) is 28.1 Å². The molecule has 0 aliphatic carbocycles. The summed E-state index contributed by atoms with van der Waals surface area (Å²) in [6.45, 7) is 0. The first-order valence-electron chi connectivity index (χ1n) is 6.94. The lowest BCUT2D eigenvalue weighted by Crippen LogP contribution is -2.23. The molecule has 0 aromatic heterocycles. The molecule has 0 saturated carbocycles. The lowest BCUT2D eigenvalue weighted by molar-refractivity contribution is -0.121. The van der Waals surface area contributed by atoms with Gasteiger partial charge in [-0.2, -0.15) is 0 Å². The summed E-state index contributed by atoms with van der Waals surface area (Å²) < 4.78 is 14.0. The number of aromatic hydroxyl groups is 1. The number of hydrogen-bond donors (Lipinski definition) is 1. The first kappa shape index (κ1) is 17.0. The van der Waals surface area contributed by atoms with E-state index in [1.54, 1.807) is 43.5 Å². The van der Waals surface area contributed by atoms with E-state index < -0.39 is 0 Å². The summed E-state index contributed by atoms with van der Waals surface area (Å²) in [6.07, 6.45) is 1.75. The van der Waals surface area contributed by atoms with Crippen molar-refractivity contribution < 1.29 is 14.3 Å². The van der Waals surface area contributed by atoms with Crippen molar-refractivity contribution in [2.45, 2.75) is 0 Å². The minimum absolute atomic E-state index is 0.168. The van der Waals surface area contributed by atoms with Gasteiger partial charge in [-0.1, -0.05) is 12.1 Å². The highest BCUT2D eigenvalue weighted by Gasteiger charge is 2.30. The summed E-state index contributed by atoms with van der Waals surface area (Å²) in [6, 6.07) is 11.0. The third-order valence-corrected chi connectivity index (χ3v) is 5.23. The van der Waals surface area contributed by atoms with Crippen LogP contribution in [0.2, 0.25) is 0 Å². The molecule has 1 N–H and O–H groups in total. The van der Waals surface area contributed by atoms with Crippen molar-refractivity contribution in [1.82, 2.24) is 4.90 Å². The van der Waals surface area contributed by atoms with Crippen molar-refractivity contribution >= 4 is 57.2 Å². The van der Waals surface area contributed by atoms with Gasteiger partial charge >= 0.3 is 0 Å². The molecule has 0 atom stereocenters. The molecule has 0 radical (unpaired) electrons. The predicted octanol–water partition coefficient (Wildman–Crippen LogP) is 4.37. The second-order valence-electron chi connectivity index (χ2n) is 5.06. The summed E-state index contributed by atoms with van der Waals surface area (Å²) in [5, 5.41) is 10.1. The number of thioether (sulfide) groups is 1. The van der Waals surface area contributed by atoms with Crippen LogP contribution >= 0.6 is 34.4 Å². The highest BCUT2D eigenvalue weighted by atomic mass is 127. The van der Waals surface area contributed by atoms with Crippen molar-refractivity contribution in [2.24, 2.45) is 4.99 Å². The summed E-state index contributed by atoms with van der Waals surface area (Å²) in [4.78, 5) is 18.7. The van der Waals surface area contributed by atoms with Crippen molar-refractivity contribution in [3.05, 3.63) is 62.3 Å². The van der Waals surface area contributed by atoms with Gasteiger partial charge in [0, 0.05) is 7.05 Å². The summed E-state index contributed by atoms with van der Waals surface area (Å²) in [7, 11) is 1.63. The van der Waals surface area contributed by atoms with E-state index in [0.29, 0.717) is 19.3 Å². The maximum absolute atomic E-state index is 13.3. The van der Waals surface area contributed by atoms with Crippen LogP contribution < -0.4 is 0 Å². The molecule has 2 aromatic rings. The van der Waals surface area contributed by atoms with Gasteiger partial charge in [-0.05, 0) is 76.3 Å². The lowest BCUT2D eigenvalue weighted by atomic mass is 10.2. The zero-order chi connectivity index (χ0) is 17.3. The molecule has 7 heteroatoms. The molecular weight excluding hydrogens is 442 g/mol. The average Bonchev–Trinajstić information content (AvgIpc) is 2.79. The Hall–Kier alpha value is -1.87. The van der Waals surface area contributed by atoms with E-state index in [4.69, 9.17) is 0 Å². The molecule has 0 spiro atoms. The number of hydrogen-bond acceptors (Lipinski definition) is 4. The molecule has 2 aromatic carbocycles. The number of amidine groups is 1. The number of likely N-dealkylation sites (N-methyl/N-ethyl adjacent to an activating group) is 1. The largest absolute Gasteiger partial charge is 0.507 e. The first-order chi connectivity index (χ1) is 11.4. The van der Waals surface area contributed by atoms with Crippen molar-refractivity contribution in [1.29, 1.82) is 0 Å². The van der Waals surface area contributed by atoms with Crippen LogP contribution in [0.5, 0.6) is 5.75 Å². The summed E-state index contributed by atoms with van der Waals surface area (Å²) in [5.41, 5.74) is 1.27. The normalized spacial score (nSPS) is 18.0. The third kappa shape index (κ3) is 3.62. The SMILES string of the molecule is CN1C(=O)/C(=C/c2ccc(O)c(I)c2)SC1=Nc1cccc(F)c1. The molecule has 0 bridgehead atoms. The molecule has 1 fully saturated rings. The van der Waals surface area contributed by atoms with E-state index in [0.717, 1.165) is 5.56 Å². The van der Waals surface area contributed by atoms with Gasteiger partial charge in [0.1, 0.15) is 11.6 Å². The molecule has 3 rings (SSSR count). The van der Waals surface area contributed by atoms with Gasteiger partial charge in [0.05, 0.1) is 14.2 Å². The predicted molar refractivity (Wildman–Crippen MR) is 103 cm³/mol. The molecule has 1 amide bonds. The maximum atomic E-state index is 13.3. The standard InChI is InChI=1S/C17H12FIN2O2S/c1-21-16(23)15(8-10-5-6-14(22)13(19)7-10)24-17(21)20-12-4-2-3-11(18)9-12/h2-9,22H,1H3/b15-8-,20-17?. The zero-order valence-corrected chi connectivity index (χ0v) is 15.5. The smallest absolute Gasteiger partial charge is 0.266 e. The first-order valence-corrected chi connectivity index (χ1v) is 8.84. The average molecular weight is 454 g/mol. The van der Waals surface area contributed by atoms with Crippen molar-refractivity contribution in [3.8, 4) is 5.75 Å². The Labute approximate surface area is 156 Å². The number of nitrogens with zero attached hydrogens (tertiary/aromatic N) is 2. The minimum atomic E-state index is -0.372. The Morgan fingerprint density at radius 3 is 2.79 bits per heavy atom. The zero-order valence-electron chi connectivity index (χ0n) is 12.5. The number of halogens is 2. The fourth-order valence-electron chi connectivity index (χ4n) is 2.07. The minimum Gasteiger partial charge on any atom is -0.507 e. The van der Waals surface area contributed by atoms with E-state index in [-0.39, 0.29) is 17.5 Å². The van der Waals surface area contributed by atoms with Crippen LogP contribution in [0.15, 0.2) is 52.4 Å². The van der Waals surface area contributed by atoms with E-state index in [2.05, 4.69) is 4.99 Å². The van der Waals surface area contributed by atoms with Gasteiger partial charge in [0.25, 0.3) is 5.91 Å². The Morgan fingerprint density at radius 2 is 2.08 bits per heavy atom. The molecule has 24 heavy (non-hydrogen) atoms. The van der Waals surface area contributed by atoms with E-state index in [9.17, 15) is 14.3 Å². The fraction of sp³-hybridized carbons (Fsp3) is 0.0588. The van der Waals surface area contributed by atoms with Gasteiger partial charge in [-0.25, -0.2) is 9.38 Å². The van der Waals surface area contributed by atoms with Crippen LogP contribution in [0.4, 0.5) is 10.1 Å². The van der Waals surface area contributed by atoms with Gasteiger partial charge in [0.2, 0.25) is 0 Å². The molecule has 1 aliphatic heterocycles. The van der Waals surface area contributed by atoms with Crippen LogP contribution in [0.25, 0.3) is 6.08 Å².